The summed E-state index contributed by atoms with van der Waals surface area (Å²) in [5.74, 6) is -19.8. The Morgan fingerprint density at radius 3 is 1.16 bits per heavy atom. The fourth-order valence-corrected chi connectivity index (χ4v) is 16.3. The molecular formula is C92H142N30O21S2. The van der Waals surface area contributed by atoms with Gasteiger partial charge in [-0.05, 0) is 175 Å². The predicted molar refractivity (Wildman–Crippen MR) is 543 cm³/mol. The van der Waals surface area contributed by atoms with E-state index in [0.29, 0.717) is 64.2 Å². The number of carboxylic acid groups (broad SMARTS) is 2. The van der Waals surface area contributed by atoms with Gasteiger partial charge in [-0.25, -0.2) is 0 Å². The first-order chi connectivity index (χ1) is 69.0. The van der Waals surface area contributed by atoms with Gasteiger partial charge < -0.3 is 161 Å². The summed E-state index contributed by atoms with van der Waals surface area (Å²) in [4.78, 5) is 260. The van der Waals surface area contributed by atoms with Crippen molar-refractivity contribution in [1.29, 1.82) is 16.2 Å². The molecule has 0 bridgehead atoms. The Kier molecular flexibility index (Phi) is 54.0. The number of hydrogen-bond acceptors (Lipinski definition) is 27. The quantitative estimate of drug-likeness (QED) is 0.00748. The first-order valence-electron chi connectivity index (χ1n) is 47.5. The molecule has 3 aromatic carbocycles. The van der Waals surface area contributed by atoms with Gasteiger partial charge in [0.15, 0.2) is 17.9 Å². The maximum absolute atomic E-state index is 15.6. The molecule has 2 aromatic heterocycles. The minimum atomic E-state index is -1.87. The number of fused-ring (bicyclic) bond motifs is 2. The molecule has 0 aliphatic carbocycles. The topological polar surface area (TPSA) is 870 Å². The highest BCUT2D eigenvalue weighted by atomic mass is 32.2. The number of primary amides is 1. The number of aromatic amines is 2. The van der Waals surface area contributed by atoms with Crippen LogP contribution in [0.5, 0.6) is 5.75 Å². The third kappa shape index (κ3) is 46.1. The third-order valence-corrected chi connectivity index (χ3v) is 24.2. The number of nitrogens with one attached hydrogen (secondary N) is 23. The molecule has 0 unspecified atom stereocenters. The normalized spacial score (nSPS) is 13.8. The van der Waals surface area contributed by atoms with E-state index in [4.69, 9.17) is 61.5 Å². The van der Waals surface area contributed by atoms with Crippen LogP contribution in [-0.2, 0) is 106 Å². The van der Waals surface area contributed by atoms with Crippen LogP contribution in [0.15, 0.2) is 85.2 Å². The smallest absolute Gasteiger partial charge is 0.322 e. The maximum Gasteiger partial charge on any atom is 0.322 e. The molecule has 0 fully saturated rings. The minimum Gasteiger partial charge on any atom is -0.508 e. The van der Waals surface area contributed by atoms with Crippen molar-refractivity contribution in [3.63, 3.8) is 0 Å². The lowest BCUT2D eigenvalue weighted by atomic mass is 10.00. The van der Waals surface area contributed by atoms with E-state index in [9.17, 15) is 67.7 Å². The summed E-state index contributed by atoms with van der Waals surface area (Å²) >= 11 is 2.25. The number of phenols is 1. The number of H-pyrrole nitrogens is 2. The molecule has 53 heteroatoms. The monoisotopic (exact) mass is 2070 g/mol. The zero-order valence-corrected chi connectivity index (χ0v) is 83.3. The van der Waals surface area contributed by atoms with Gasteiger partial charge in [0.05, 0.1) is 18.5 Å². The summed E-state index contributed by atoms with van der Waals surface area (Å²) in [5.41, 5.74) is 42.6. The molecule has 0 radical (unpaired) electrons. The first-order valence-corrected chi connectivity index (χ1v) is 50.0. The van der Waals surface area contributed by atoms with E-state index in [2.05, 4.69) is 106 Å². The van der Waals surface area contributed by atoms with Crippen LogP contribution in [0, 0.1) is 22.1 Å². The molecule has 0 aliphatic heterocycles. The molecule has 0 saturated heterocycles. The van der Waals surface area contributed by atoms with E-state index in [1.54, 1.807) is 74.8 Å². The van der Waals surface area contributed by atoms with E-state index in [-0.39, 0.29) is 145 Å². The number of carbonyl (C=O) groups excluding carboxylic acids is 16. The summed E-state index contributed by atoms with van der Waals surface area (Å²) < 4.78 is 0. The summed E-state index contributed by atoms with van der Waals surface area (Å²) in [5, 5.41) is 100. The standard InChI is InChI=1S/C92H142N30O21S2/c1-50(2)40-68(118-89(143)72(48-145-49-110-51(3)123)122-82(136)61(21-9-11-34-93)111-77(131)58(95)18-13-36-103-90(97)98)86(140)114-64(24-15-38-105-92(101)102)81(135)120-70(42-53-44-106-59-19-7-5-16-56(53)59)87(141)115-65(29-31-73(96)125)84(138)121-71(43-54-45-107-60-20-8-6-17-57(54)60)88(142)116-66(30-32-75(127)128)83(137)117-67(33-39-144-4)85(139)113-63(23-14-37-104-91(99)100)79(133)112-62(22-10-12-35-94)80(134)119-69(41-52-25-27-55(124)28-26-52)78(132)109-46-74(126)108-47-76(129)130/h5-8,16-17,19-20,25-28,44-45,50,58,61-72,106-107,124H,9-15,18,21-24,29-43,46-49,93-95H2,1-4H3,(H2,96,125)(H,108,126)(H,109,132)(H,110,123)(H,111,131)(H,112,133)(H,113,139)(H,114,140)(H,115,141)(H,116,142)(H,117,137)(H,118,143)(H,119,134)(H,120,135)(H,121,138)(H,122,136)(H,127,128)(H,129,130)(H4,97,98,103)(H4,99,100,104)(H4,101,102,105)/t58-,61-,62-,63-,64-,65-,66-,67-,68-,69-,70-,71-,72-/m0/s1. The number of amides is 16. The van der Waals surface area contributed by atoms with Crippen LogP contribution in [0.2, 0.25) is 0 Å². The summed E-state index contributed by atoms with van der Waals surface area (Å²) in [6.45, 7) is 3.76. The van der Waals surface area contributed by atoms with E-state index in [1.807, 2.05) is 0 Å². The molecule has 0 saturated carbocycles. The Hall–Kier alpha value is -14.6. The lowest BCUT2D eigenvalue weighted by Gasteiger charge is -2.29. The van der Waals surface area contributed by atoms with Crippen molar-refractivity contribution in [2.75, 3.05) is 69.5 Å². The molecule has 798 valence electrons. The van der Waals surface area contributed by atoms with E-state index in [0.717, 1.165) is 11.8 Å². The molecule has 5 aromatic rings. The number of aromatic hydroxyl groups is 1. The van der Waals surface area contributed by atoms with Crippen molar-refractivity contribution in [3.05, 3.63) is 102 Å². The van der Waals surface area contributed by atoms with Crippen LogP contribution in [0.1, 0.15) is 153 Å². The second kappa shape index (κ2) is 64.8. The van der Waals surface area contributed by atoms with Crippen molar-refractivity contribution < 1.29 is 102 Å². The Bertz CT molecular complexity index is 5200. The zero-order chi connectivity index (χ0) is 107. The number of thioether (sulfide) groups is 2. The highest BCUT2D eigenvalue weighted by Crippen LogP contribution is 2.24. The number of aliphatic carboxylic acids is 2. The predicted octanol–water partition coefficient (Wildman–Crippen LogP) is -5.35. The molecule has 145 heavy (non-hydrogen) atoms. The van der Waals surface area contributed by atoms with Crippen LogP contribution >= 0.6 is 23.5 Å². The Labute approximate surface area is 846 Å². The van der Waals surface area contributed by atoms with Crippen LogP contribution < -0.4 is 136 Å². The average Bonchev–Trinajstić information content (AvgIpc) is 1.71. The Balaban J connectivity index is 1.53. The third-order valence-electron chi connectivity index (χ3n) is 22.6. The van der Waals surface area contributed by atoms with E-state index in [1.165, 1.54) is 49.1 Å². The van der Waals surface area contributed by atoms with Crippen molar-refractivity contribution in [1.82, 2.24) is 106 Å². The lowest BCUT2D eigenvalue weighted by molar-refractivity contribution is -0.139. The highest BCUT2D eigenvalue weighted by Gasteiger charge is 2.40. The molecule has 16 amide bonds. The molecule has 2 heterocycles. The number of nitrogens with two attached hydrogens (primary N) is 7. The molecule has 0 spiro atoms. The molecule has 40 N–H and O–H groups in total. The maximum atomic E-state index is 15.6. The fraction of sp³-hybridized carbons (Fsp3) is 0.533. The number of phenolic OH excluding ortho intramolecular Hbond substituents is 1. The highest BCUT2D eigenvalue weighted by molar-refractivity contribution is 7.99. The number of benzene rings is 3. The SMILES string of the molecule is CSCC[C@H](NC(=O)[C@H](CCC(=O)O)NC(=O)[C@H](Cc1c[nH]c2ccccc12)NC(=O)[C@H](CCC(N)=O)NC(=O)[C@H](Cc1c[nH]c2ccccc12)NC(=O)[C@H](CCCNC(=N)N)NC(=O)[C@H](CC(C)C)NC(=O)[C@H](CSCNC(C)=O)NC(=O)[C@H](CCCCN)NC(=O)[C@@H](N)CCCNC(=N)N)C(=O)N[C@@H](CCCNC(=N)N)C(=O)N[C@@H](CCCCN)C(=O)N[C@@H](Cc1ccc(O)cc1)C(=O)NCC(=O)NCC(=O)O. The molecule has 13 atom stereocenters. The summed E-state index contributed by atoms with van der Waals surface area (Å²) in [6, 6.07) is -1.18. The number of carboxylic acids is 2. The number of carbonyl (C=O) groups is 18. The van der Waals surface area contributed by atoms with Crippen LogP contribution in [0.3, 0.4) is 0 Å². The number of para-hydroxylation sites is 2. The average molecular weight is 2070 g/mol. The van der Waals surface area contributed by atoms with Gasteiger partial charge in [0.2, 0.25) is 94.5 Å². The first kappa shape index (κ1) is 121. The van der Waals surface area contributed by atoms with E-state index < -0.39 is 242 Å². The largest absolute Gasteiger partial charge is 0.508 e. The van der Waals surface area contributed by atoms with Gasteiger partial charge in [-0.2, -0.15) is 11.8 Å². The zero-order valence-electron chi connectivity index (χ0n) is 81.6. The number of hydrogen-bond donors (Lipinski definition) is 33. The Morgan fingerprint density at radius 1 is 0.386 bits per heavy atom. The van der Waals surface area contributed by atoms with E-state index >= 15 is 28.8 Å². The van der Waals surface area contributed by atoms with Gasteiger partial charge in [0.1, 0.15) is 84.8 Å². The number of rotatable bonds is 70. The van der Waals surface area contributed by atoms with Gasteiger partial charge in [-0.1, -0.05) is 62.4 Å². The van der Waals surface area contributed by atoms with Crippen LogP contribution in [-0.4, -0.2) is 298 Å². The van der Waals surface area contributed by atoms with Crippen molar-refractivity contribution in [2.45, 2.75) is 234 Å². The van der Waals surface area contributed by atoms with Crippen molar-refractivity contribution in [2.24, 2.45) is 46.1 Å². The molecule has 51 nitrogen and oxygen atoms in total. The van der Waals surface area contributed by atoms with Crippen LogP contribution in [0.25, 0.3) is 21.8 Å². The fourth-order valence-electron chi connectivity index (χ4n) is 14.9. The van der Waals surface area contributed by atoms with Gasteiger partial charge in [0, 0.05) is 98.6 Å². The number of guanidine groups is 3. The minimum absolute atomic E-state index is 0.00202. The number of unbranched alkanes of at least 4 members (excludes halogenated alkanes) is 2. The van der Waals surface area contributed by atoms with Crippen molar-refractivity contribution >= 4 is 170 Å². The summed E-state index contributed by atoms with van der Waals surface area (Å²) in [7, 11) is 0. The van der Waals surface area contributed by atoms with Gasteiger partial charge in [-0.15, -0.1) is 11.8 Å². The second-order valence-electron chi connectivity index (χ2n) is 34.8. The molecule has 5 rings (SSSR count). The van der Waals surface area contributed by atoms with Gasteiger partial charge in [0.25, 0.3) is 0 Å². The Morgan fingerprint density at radius 2 is 0.752 bits per heavy atom. The second-order valence-corrected chi connectivity index (χ2v) is 36.9. The summed E-state index contributed by atoms with van der Waals surface area (Å²) in [6.07, 6.45) is 1.94. The van der Waals surface area contributed by atoms with Gasteiger partial charge >= 0.3 is 11.9 Å². The van der Waals surface area contributed by atoms with Crippen LogP contribution in [0.4, 0.5) is 0 Å². The molecular weight excluding hydrogens is 1930 g/mol. The van der Waals surface area contributed by atoms with Crippen molar-refractivity contribution in [3.8, 4) is 5.75 Å². The number of aromatic nitrogens is 2. The molecule has 0 aliphatic rings. The lowest BCUT2D eigenvalue weighted by Crippen LogP contribution is -2.61. The van der Waals surface area contributed by atoms with Gasteiger partial charge in [-0.3, -0.25) is 103 Å².